The van der Waals surface area contributed by atoms with Crippen LogP contribution in [0.3, 0.4) is 0 Å². The number of benzene rings is 1. The van der Waals surface area contributed by atoms with E-state index in [-0.39, 0.29) is 6.04 Å². The van der Waals surface area contributed by atoms with Crippen LogP contribution in [0.15, 0.2) is 24.3 Å². The van der Waals surface area contributed by atoms with Gasteiger partial charge in [0, 0.05) is 17.0 Å². The van der Waals surface area contributed by atoms with Crippen molar-refractivity contribution in [3.05, 3.63) is 29.8 Å². The highest BCUT2D eigenvalue weighted by atomic mass is 32.2. The average Bonchev–Trinajstić information content (AvgIpc) is 2.47. The summed E-state index contributed by atoms with van der Waals surface area (Å²) in [4.78, 5) is 0. The van der Waals surface area contributed by atoms with Gasteiger partial charge in [-0.15, -0.1) is 0 Å². The second kappa shape index (κ2) is 7.81. The van der Waals surface area contributed by atoms with Crippen molar-refractivity contribution in [2.45, 2.75) is 50.3 Å². The molecule has 1 saturated carbocycles. The zero-order valence-electron chi connectivity index (χ0n) is 11.8. The van der Waals surface area contributed by atoms with Crippen LogP contribution in [0.4, 0.5) is 0 Å². The molecule has 1 fully saturated rings. The average molecular weight is 279 g/mol. The topological polar surface area (TPSA) is 35.2 Å². The molecule has 0 saturated heterocycles. The standard InChI is InChI=1S/C16H25NOS/c1-2-18-14-10-8-13(9-11-14)16(17)12-19-15-6-4-3-5-7-15/h8-11,15-16H,2-7,12,17H2,1H3. The van der Waals surface area contributed by atoms with E-state index in [4.69, 9.17) is 10.5 Å². The van der Waals surface area contributed by atoms with Gasteiger partial charge in [0.2, 0.25) is 0 Å². The molecule has 2 rings (SSSR count). The van der Waals surface area contributed by atoms with Crippen LogP contribution in [0.5, 0.6) is 5.75 Å². The van der Waals surface area contributed by atoms with E-state index in [1.165, 1.54) is 37.7 Å². The molecule has 1 aromatic carbocycles. The van der Waals surface area contributed by atoms with E-state index in [1.807, 2.05) is 19.1 Å². The molecule has 1 aromatic rings. The molecule has 0 aromatic heterocycles. The fourth-order valence-electron chi connectivity index (χ4n) is 2.55. The predicted molar refractivity (Wildman–Crippen MR) is 83.9 cm³/mol. The first-order valence-corrected chi connectivity index (χ1v) is 8.44. The van der Waals surface area contributed by atoms with Gasteiger partial charge in [-0.25, -0.2) is 0 Å². The fourth-order valence-corrected chi connectivity index (χ4v) is 3.88. The second-order valence-corrected chi connectivity index (χ2v) is 6.54. The Morgan fingerprint density at radius 3 is 2.53 bits per heavy atom. The molecule has 3 heteroatoms. The van der Waals surface area contributed by atoms with Crippen molar-refractivity contribution in [2.75, 3.05) is 12.4 Å². The van der Waals surface area contributed by atoms with Gasteiger partial charge in [0.15, 0.2) is 0 Å². The van der Waals surface area contributed by atoms with Gasteiger partial charge in [0.05, 0.1) is 6.61 Å². The van der Waals surface area contributed by atoms with Gasteiger partial charge in [-0.2, -0.15) is 11.8 Å². The van der Waals surface area contributed by atoms with Gasteiger partial charge in [-0.3, -0.25) is 0 Å². The summed E-state index contributed by atoms with van der Waals surface area (Å²) in [5, 5.41) is 0.836. The lowest BCUT2D eigenvalue weighted by Gasteiger charge is -2.22. The van der Waals surface area contributed by atoms with Crippen LogP contribution in [0.1, 0.15) is 50.6 Å². The van der Waals surface area contributed by atoms with E-state index in [0.29, 0.717) is 6.61 Å². The third-order valence-corrected chi connectivity index (χ3v) is 5.18. The molecule has 1 atom stereocenters. The van der Waals surface area contributed by atoms with Gasteiger partial charge in [-0.05, 0) is 37.5 Å². The van der Waals surface area contributed by atoms with Crippen LogP contribution in [0, 0.1) is 0 Å². The lowest BCUT2D eigenvalue weighted by molar-refractivity contribution is 0.340. The molecule has 2 nitrogen and oxygen atoms in total. The fraction of sp³-hybridized carbons (Fsp3) is 0.625. The van der Waals surface area contributed by atoms with E-state index < -0.39 is 0 Å². The quantitative estimate of drug-likeness (QED) is 0.849. The minimum atomic E-state index is 0.141. The molecule has 0 amide bonds. The number of rotatable bonds is 6. The van der Waals surface area contributed by atoms with Crippen molar-refractivity contribution in [3.8, 4) is 5.75 Å². The summed E-state index contributed by atoms with van der Waals surface area (Å²) >= 11 is 2.06. The summed E-state index contributed by atoms with van der Waals surface area (Å²) in [7, 11) is 0. The predicted octanol–water partition coefficient (Wildman–Crippen LogP) is 4.15. The molecule has 1 unspecified atom stereocenters. The summed E-state index contributed by atoms with van der Waals surface area (Å²) in [6, 6.07) is 8.37. The second-order valence-electron chi connectivity index (χ2n) is 5.20. The number of hydrogen-bond donors (Lipinski definition) is 1. The van der Waals surface area contributed by atoms with Crippen molar-refractivity contribution in [1.29, 1.82) is 0 Å². The molecular weight excluding hydrogens is 254 g/mol. The molecule has 0 aliphatic heterocycles. The molecule has 0 radical (unpaired) electrons. The zero-order chi connectivity index (χ0) is 13.5. The largest absolute Gasteiger partial charge is 0.494 e. The third-order valence-electron chi connectivity index (χ3n) is 3.68. The molecule has 19 heavy (non-hydrogen) atoms. The summed E-state index contributed by atoms with van der Waals surface area (Å²) < 4.78 is 5.45. The summed E-state index contributed by atoms with van der Waals surface area (Å²) in [5.74, 6) is 1.96. The van der Waals surface area contributed by atoms with Crippen LogP contribution in [-0.4, -0.2) is 17.6 Å². The van der Waals surface area contributed by atoms with Crippen LogP contribution < -0.4 is 10.5 Å². The molecular formula is C16H25NOS. The lowest BCUT2D eigenvalue weighted by Crippen LogP contribution is -2.17. The number of ether oxygens (including phenoxy) is 1. The van der Waals surface area contributed by atoms with Crippen LogP contribution >= 0.6 is 11.8 Å². The third kappa shape index (κ3) is 4.73. The summed E-state index contributed by atoms with van der Waals surface area (Å²) in [6.45, 7) is 2.71. The molecule has 0 bridgehead atoms. The number of nitrogens with two attached hydrogens (primary N) is 1. The minimum absolute atomic E-state index is 0.141. The highest BCUT2D eigenvalue weighted by molar-refractivity contribution is 7.99. The van der Waals surface area contributed by atoms with E-state index in [1.54, 1.807) is 0 Å². The Kier molecular flexibility index (Phi) is 6.05. The first-order chi connectivity index (χ1) is 9.29. The Labute approximate surface area is 121 Å². The van der Waals surface area contributed by atoms with Crippen molar-refractivity contribution in [2.24, 2.45) is 5.73 Å². The van der Waals surface area contributed by atoms with E-state index in [0.717, 1.165) is 16.8 Å². The van der Waals surface area contributed by atoms with Gasteiger partial charge in [0.25, 0.3) is 0 Å². The van der Waals surface area contributed by atoms with E-state index in [2.05, 4.69) is 23.9 Å². The molecule has 1 aliphatic rings. The van der Waals surface area contributed by atoms with Crippen LogP contribution in [0.2, 0.25) is 0 Å². The smallest absolute Gasteiger partial charge is 0.119 e. The first kappa shape index (κ1) is 14.7. The molecule has 2 N–H and O–H groups in total. The maximum atomic E-state index is 6.27. The van der Waals surface area contributed by atoms with Crippen molar-refractivity contribution in [3.63, 3.8) is 0 Å². The van der Waals surface area contributed by atoms with Crippen LogP contribution in [-0.2, 0) is 0 Å². The summed E-state index contributed by atoms with van der Waals surface area (Å²) in [5.41, 5.74) is 7.49. The van der Waals surface area contributed by atoms with Crippen molar-refractivity contribution >= 4 is 11.8 Å². The monoisotopic (exact) mass is 279 g/mol. The Morgan fingerprint density at radius 1 is 1.21 bits per heavy atom. The van der Waals surface area contributed by atoms with Gasteiger partial charge in [0.1, 0.15) is 5.75 Å². The first-order valence-electron chi connectivity index (χ1n) is 7.39. The SMILES string of the molecule is CCOc1ccc(C(N)CSC2CCCCC2)cc1. The zero-order valence-corrected chi connectivity index (χ0v) is 12.6. The Balaban J connectivity index is 1.79. The van der Waals surface area contributed by atoms with Crippen molar-refractivity contribution < 1.29 is 4.74 Å². The van der Waals surface area contributed by atoms with E-state index >= 15 is 0 Å². The van der Waals surface area contributed by atoms with Gasteiger partial charge < -0.3 is 10.5 Å². The maximum absolute atomic E-state index is 6.27. The summed E-state index contributed by atoms with van der Waals surface area (Å²) in [6.07, 6.45) is 6.97. The molecule has 106 valence electrons. The van der Waals surface area contributed by atoms with Gasteiger partial charge in [-0.1, -0.05) is 31.4 Å². The van der Waals surface area contributed by atoms with E-state index in [9.17, 15) is 0 Å². The highest BCUT2D eigenvalue weighted by Crippen LogP contribution is 2.30. The Bertz CT molecular complexity index is 360. The Hall–Kier alpha value is -0.670. The van der Waals surface area contributed by atoms with Crippen molar-refractivity contribution in [1.82, 2.24) is 0 Å². The highest BCUT2D eigenvalue weighted by Gasteiger charge is 2.15. The minimum Gasteiger partial charge on any atom is -0.494 e. The lowest BCUT2D eigenvalue weighted by atomic mass is 10.0. The van der Waals surface area contributed by atoms with Crippen LogP contribution in [0.25, 0.3) is 0 Å². The number of hydrogen-bond acceptors (Lipinski definition) is 3. The number of thioether (sulfide) groups is 1. The molecule has 0 heterocycles. The normalized spacial score (nSPS) is 18.2. The molecule has 0 spiro atoms. The maximum Gasteiger partial charge on any atom is 0.119 e. The van der Waals surface area contributed by atoms with Gasteiger partial charge >= 0.3 is 0 Å². The molecule has 1 aliphatic carbocycles. The Morgan fingerprint density at radius 2 is 1.89 bits per heavy atom.